The zero-order valence-corrected chi connectivity index (χ0v) is 9.24. The highest BCUT2D eigenvalue weighted by Crippen LogP contribution is 2.32. The van der Waals surface area contributed by atoms with Crippen LogP contribution < -0.4 is 0 Å². The summed E-state index contributed by atoms with van der Waals surface area (Å²) in [6.07, 6.45) is 1.07. The molecule has 1 aliphatic heterocycles. The van der Waals surface area contributed by atoms with Crippen molar-refractivity contribution in [2.45, 2.75) is 25.5 Å². The van der Waals surface area contributed by atoms with Gasteiger partial charge in [-0.15, -0.1) is 10.2 Å². The number of hydrogen-bond donors (Lipinski definition) is 2. The first-order chi connectivity index (χ1) is 8.27. The molecule has 5 heteroatoms. The first kappa shape index (κ1) is 10.3. The first-order valence-corrected chi connectivity index (χ1v) is 5.67. The van der Waals surface area contributed by atoms with Gasteiger partial charge in [-0.05, 0) is 25.0 Å². The number of phenols is 1. The van der Waals surface area contributed by atoms with Gasteiger partial charge in [-0.3, -0.25) is 0 Å². The van der Waals surface area contributed by atoms with E-state index in [0.29, 0.717) is 17.2 Å². The summed E-state index contributed by atoms with van der Waals surface area (Å²) in [6.45, 7) is 0.781. The van der Waals surface area contributed by atoms with E-state index < -0.39 is 6.10 Å². The van der Waals surface area contributed by atoms with Crippen LogP contribution in [0.1, 0.15) is 24.8 Å². The molecular formula is C12H13N3O2. The molecule has 2 N–H and O–H groups in total. The smallest absolute Gasteiger partial charge is 0.167 e. The minimum atomic E-state index is -0.546. The number of aromatic nitrogens is 3. The number of aromatic hydroxyl groups is 1. The van der Waals surface area contributed by atoms with E-state index in [1.54, 1.807) is 18.2 Å². The van der Waals surface area contributed by atoms with E-state index in [2.05, 4.69) is 10.2 Å². The normalized spacial score (nSPS) is 19.0. The third-order valence-corrected chi connectivity index (χ3v) is 3.08. The molecule has 0 saturated heterocycles. The molecule has 5 nitrogen and oxygen atoms in total. The van der Waals surface area contributed by atoms with Gasteiger partial charge in [-0.25, -0.2) is 0 Å². The predicted molar refractivity (Wildman–Crippen MR) is 61.3 cm³/mol. The molecule has 1 aliphatic rings. The lowest BCUT2D eigenvalue weighted by atomic mass is 10.1. The molecule has 0 fully saturated rings. The van der Waals surface area contributed by atoms with E-state index in [9.17, 15) is 10.2 Å². The number of fused-ring (bicyclic) bond motifs is 1. The van der Waals surface area contributed by atoms with Crippen molar-refractivity contribution in [3.63, 3.8) is 0 Å². The Morgan fingerprint density at radius 2 is 2.06 bits per heavy atom. The molecular weight excluding hydrogens is 218 g/mol. The van der Waals surface area contributed by atoms with Crippen molar-refractivity contribution in [2.24, 2.45) is 0 Å². The number of phenolic OH excluding ortho intramolecular Hbond substituents is 1. The van der Waals surface area contributed by atoms with Crippen LogP contribution in [-0.4, -0.2) is 25.0 Å². The van der Waals surface area contributed by atoms with Crippen LogP contribution in [0, 0.1) is 0 Å². The monoisotopic (exact) mass is 231 g/mol. The maximum atomic E-state index is 9.81. The number of nitrogens with zero attached hydrogens (tertiary/aromatic N) is 3. The lowest BCUT2D eigenvalue weighted by Gasteiger charge is -2.19. The molecule has 0 bridgehead atoms. The molecule has 1 unspecified atom stereocenters. The van der Waals surface area contributed by atoms with Crippen LogP contribution in [-0.2, 0) is 6.54 Å². The van der Waals surface area contributed by atoms with Gasteiger partial charge in [0.25, 0.3) is 0 Å². The predicted octanol–water partition coefficient (Wildman–Crippen LogP) is 1.48. The lowest BCUT2D eigenvalue weighted by Crippen LogP contribution is -2.16. The Morgan fingerprint density at radius 1 is 1.24 bits per heavy atom. The van der Waals surface area contributed by atoms with Gasteiger partial charge in [-0.1, -0.05) is 12.1 Å². The molecule has 0 radical (unpaired) electrons. The van der Waals surface area contributed by atoms with E-state index in [1.807, 2.05) is 10.6 Å². The van der Waals surface area contributed by atoms with Gasteiger partial charge < -0.3 is 14.8 Å². The van der Waals surface area contributed by atoms with Crippen LogP contribution in [0.3, 0.4) is 0 Å². The van der Waals surface area contributed by atoms with Crippen molar-refractivity contribution < 1.29 is 10.2 Å². The van der Waals surface area contributed by atoms with E-state index >= 15 is 0 Å². The summed E-state index contributed by atoms with van der Waals surface area (Å²) in [5.74, 6) is 1.40. The van der Waals surface area contributed by atoms with Crippen LogP contribution in [0.5, 0.6) is 5.75 Å². The van der Waals surface area contributed by atoms with Gasteiger partial charge in [0.2, 0.25) is 0 Å². The molecule has 0 aliphatic carbocycles. The Balaban J connectivity index is 2.14. The SMILES string of the molecule is Oc1ccccc1-c1nnc2n1CCCC2O. The highest BCUT2D eigenvalue weighted by atomic mass is 16.3. The van der Waals surface area contributed by atoms with Gasteiger partial charge in [-0.2, -0.15) is 0 Å². The van der Waals surface area contributed by atoms with E-state index in [0.717, 1.165) is 19.4 Å². The molecule has 17 heavy (non-hydrogen) atoms. The molecule has 2 aromatic rings. The Hall–Kier alpha value is -1.88. The van der Waals surface area contributed by atoms with Crippen molar-refractivity contribution in [1.82, 2.24) is 14.8 Å². The van der Waals surface area contributed by atoms with E-state index in [1.165, 1.54) is 0 Å². The number of aliphatic hydroxyl groups excluding tert-OH is 1. The van der Waals surface area contributed by atoms with Crippen molar-refractivity contribution in [1.29, 1.82) is 0 Å². The molecule has 1 aromatic heterocycles. The van der Waals surface area contributed by atoms with Gasteiger partial charge in [0, 0.05) is 6.54 Å². The second kappa shape index (κ2) is 3.85. The van der Waals surface area contributed by atoms with Gasteiger partial charge in [0.15, 0.2) is 11.6 Å². The summed E-state index contributed by atoms with van der Waals surface area (Å²) in [4.78, 5) is 0. The second-order valence-corrected chi connectivity index (χ2v) is 4.21. The second-order valence-electron chi connectivity index (χ2n) is 4.21. The van der Waals surface area contributed by atoms with Crippen LogP contribution in [0.15, 0.2) is 24.3 Å². The quantitative estimate of drug-likeness (QED) is 0.779. The van der Waals surface area contributed by atoms with Gasteiger partial charge >= 0.3 is 0 Å². The molecule has 3 rings (SSSR count). The summed E-state index contributed by atoms with van der Waals surface area (Å²) < 4.78 is 1.88. The average molecular weight is 231 g/mol. The lowest BCUT2D eigenvalue weighted by molar-refractivity contribution is 0.134. The molecule has 0 saturated carbocycles. The van der Waals surface area contributed by atoms with E-state index in [4.69, 9.17) is 0 Å². The molecule has 0 amide bonds. The van der Waals surface area contributed by atoms with E-state index in [-0.39, 0.29) is 5.75 Å². The number of hydrogen-bond acceptors (Lipinski definition) is 4. The fourth-order valence-electron chi connectivity index (χ4n) is 2.22. The van der Waals surface area contributed by atoms with Crippen molar-refractivity contribution in [2.75, 3.05) is 0 Å². The fourth-order valence-corrected chi connectivity index (χ4v) is 2.22. The van der Waals surface area contributed by atoms with Crippen molar-refractivity contribution in [3.05, 3.63) is 30.1 Å². The molecule has 2 heterocycles. The summed E-state index contributed by atoms with van der Waals surface area (Å²) in [7, 11) is 0. The minimum Gasteiger partial charge on any atom is -0.507 e. The molecule has 88 valence electrons. The fraction of sp³-hybridized carbons (Fsp3) is 0.333. The first-order valence-electron chi connectivity index (χ1n) is 5.67. The molecule has 1 aromatic carbocycles. The Morgan fingerprint density at radius 3 is 2.88 bits per heavy atom. The number of para-hydroxylation sites is 1. The third-order valence-electron chi connectivity index (χ3n) is 3.08. The molecule has 1 atom stereocenters. The van der Waals surface area contributed by atoms with Crippen LogP contribution >= 0.6 is 0 Å². The van der Waals surface area contributed by atoms with Crippen LogP contribution in [0.25, 0.3) is 11.4 Å². The summed E-state index contributed by atoms with van der Waals surface area (Å²) >= 11 is 0. The third kappa shape index (κ3) is 1.59. The topological polar surface area (TPSA) is 71.2 Å². The number of aliphatic hydroxyl groups is 1. The zero-order valence-electron chi connectivity index (χ0n) is 9.24. The standard InChI is InChI=1S/C12H13N3O2/c16-9-5-2-1-4-8(9)11-13-14-12-10(17)6-3-7-15(11)12/h1-2,4-5,10,16-17H,3,6-7H2. The average Bonchev–Trinajstić information content (AvgIpc) is 2.75. The van der Waals surface area contributed by atoms with Crippen LogP contribution in [0.2, 0.25) is 0 Å². The minimum absolute atomic E-state index is 0.183. The maximum absolute atomic E-state index is 9.81. The Labute approximate surface area is 98.4 Å². The van der Waals surface area contributed by atoms with Crippen LogP contribution in [0.4, 0.5) is 0 Å². The van der Waals surface area contributed by atoms with Gasteiger partial charge in [0.1, 0.15) is 11.9 Å². The number of benzene rings is 1. The highest BCUT2D eigenvalue weighted by molar-refractivity contribution is 5.63. The number of rotatable bonds is 1. The summed E-state index contributed by atoms with van der Waals surface area (Å²) in [5, 5.41) is 27.7. The maximum Gasteiger partial charge on any atom is 0.167 e. The van der Waals surface area contributed by atoms with Crippen molar-refractivity contribution >= 4 is 0 Å². The van der Waals surface area contributed by atoms with Gasteiger partial charge in [0.05, 0.1) is 5.56 Å². The largest absolute Gasteiger partial charge is 0.507 e. The van der Waals surface area contributed by atoms with Crippen molar-refractivity contribution in [3.8, 4) is 17.1 Å². The summed E-state index contributed by atoms with van der Waals surface area (Å²) in [5.41, 5.74) is 0.653. The highest BCUT2D eigenvalue weighted by Gasteiger charge is 2.24. The molecule has 0 spiro atoms. The Bertz CT molecular complexity index is 550. The zero-order chi connectivity index (χ0) is 11.8. The summed E-state index contributed by atoms with van der Waals surface area (Å²) in [6, 6.07) is 7.03. The Kier molecular flexibility index (Phi) is 2.33.